The largest absolute Gasteiger partial charge is 0.457 e. The summed E-state index contributed by atoms with van der Waals surface area (Å²) in [6, 6.07) is 25.9. The maximum absolute atomic E-state index is 12.6. The molecule has 0 unspecified atom stereocenters. The molecule has 0 saturated carbocycles. The summed E-state index contributed by atoms with van der Waals surface area (Å²) >= 11 is 0. The second-order valence-corrected chi connectivity index (χ2v) is 7.34. The quantitative estimate of drug-likeness (QED) is 0.312. The van der Waals surface area contributed by atoms with Crippen LogP contribution in [0.4, 0.5) is 23.1 Å². The lowest BCUT2D eigenvalue weighted by atomic mass is 10.2. The van der Waals surface area contributed by atoms with Gasteiger partial charge in [-0.05, 0) is 74.5 Å². The number of amides is 1. The fraction of sp³-hybridized carbons (Fsp3) is 0.115. The molecule has 0 radical (unpaired) electrons. The van der Waals surface area contributed by atoms with Crippen molar-refractivity contribution < 1.29 is 9.53 Å². The molecule has 0 spiro atoms. The topological polar surface area (TPSA) is 88.2 Å². The van der Waals surface area contributed by atoms with Crippen molar-refractivity contribution in [1.82, 2.24) is 9.97 Å². The molecule has 0 aliphatic carbocycles. The zero-order valence-corrected chi connectivity index (χ0v) is 18.5. The average Bonchev–Trinajstić information content (AvgIpc) is 2.81. The van der Waals surface area contributed by atoms with E-state index >= 15 is 0 Å². The van der Waals surface area contributed by atoms with Gasteiger partial charge in [-0.15, -0.1) is 0 Å². The lowest BCUT2D eigenvalue weighted by Crippen LogP contribution is -2.11. The number of aryl methyl sites for hydroxylation is 1. The van der Waals surface area contributed by atoms with Crippen LogP contribution < -0.4 is 20.7 Å². The number of aromatic nitrogens is 2. The summed E-state index contributed by atoms with van der Waals surface area (Å²) in [7, 11) is 0. The predicted octanol–water partition coefficient (Wildman–Crippen LogP) is 6.01. The molecule has 0 aliphatic rings. The molecule has 0 saturated heterocycles. The highest BCUT2D eigenvalue weighted by atomic mass is 16.5. The summed E-state index contributed by atoms with van der Waals surface area (Å²) in [5.41, 5.74) is 2.97. The predicted molar refractivity (Wildman–Crippen MR) is 132 cm³/mol. The van der Waals surface area contributed by atoms with E-state index in [4.69, 9.17) is 4.74 Å². The van der Waals surface area contributed by atoms with Gasteiger partial charge in [-0.25, -0.2) is 4.98 Å². The molecule has 3 N–H and O–H groups in total. The van der Waals surface area contributed by atoms with Gasteiger partial charge in [0.2, 0.25) is 5.95 Å². The summed E-state index contributed by atoms with van der Waals surface area (Å²) in [6.45, 7) is 4.67. The molecular weight excluding hydrogens is 414 g/mol. The fourth-order valence-electron chi connectivity index (χ4n) is 3.16. The number of anilines is 4. The first-order valence-electron chi connectivity index (χ1n) is 10.7. The van der Waals surface area contributed by atoms with E-state index in [2.05, 4.69) is 25.9 Å². The summed E-state index contributed by atoms with van der Waals surface area (Å²) in [6.07, 6.45) is 0. The standard InChI is InChI=1S/C26H25N5O2/c1-3-27-26-28-18(2)17-24(31-26)29-20-11-13-21(14-12-20)30-25(32)19-9-15-23(16-10-19)33-22-7-5-4-6-8-22/h4-17H,3H2,1-2H3,(H,30,32)(H2,27,28,29,31). The number of hydrogen-bond donors (Lipinski definition) is 3. The van der Waals surface area contributed by atoms with Gasteiger partial charge in [0.1, 0.15) is 17.3 Å². The smallest absolute Gasteiger partial charge is 0.255 e. The Morgan fingerprint density at radius 1 is 0.848 bits per heavy atom. The summed E-state index contributed by atoms with van der Waals surface area (Å²) in [5, 5.41) is 9.29. The number of rotatable bonds is 8. The summed E-state index contributed by atoms with van der Waals surface area (Å²) < 4.78 is 5.77. The van der Waals surface area contributed by atoms with E-state index in [-0.39, 0.29) is 5.91 Å². The Hall–Kier alpha value is -4.39. The first-order chi connectivity index (χ1) is 16.1. The minimum atomic E-state index is -0.191. The SMILES string of the molecule is CCNc1nc(C)cc(Nc2ccc(NC(=O)c3ccc(Oc4ccccc4)cc3)cc2)n1. The van der Waals surface area contributed by atoms with Crippen LogP contribution in [0, 0.1) is 6.92 Å². The Morgan fingerprint density at radius 3 is 2.21 bits per heavy atom. The van der Waals surface area contributed by atoms with Gasteiger partial charge in [-0.2, -0.15) is 4.98 Å². The van der Waals surface area contributed by atoms with Crippen LogP contribution in [0.3, 0.4) is 0 Å². The van der Waals surface area contributed by atoms with Crippen LogP contribution in [-0.2, 0) is 0 Å². The Balaban J connectivity index is 1.36. The van der Waals surface area contributed by atoms with E-state index in [1.54, 1.807) is 24.3 Å². The zero-order valence-electron chi connectivity index (χ0n) is 18.5. The van der Waals surface area contributed by atoms with Crippen molar-refractivity contribution in [2.24, 2.45) is 0 Å². The molecule has 4 aromatic rings. The minimum absolute atomic E-state index is 0.191. The second kappa shape index (κ2) is 10.3. The number of benzene rings is 3. The van der Waals surface area contributed by atoms with Crippen LogP contribution in [0.15, 0.2) is 84.9 Å². The van der Waals surface area contributed by atoms with E-state index in [0.29, 0.717) is 28.8 Å². The molecule has 0 bridgehead atoms. The summed E-state index contributed by atoms with van der Waals surface area (Å²) in [5.74, 6) is 2.52. The van der Waals surface area contributed by atoms with E-state index in [1.165, 1.54) is 0 Å². The van der Waals surface area contributed by atoms with E-state index in [0.717, 1.165) is 23.7 Å². The number of carbonyl (C=O) groups is 1. The van der Waals surface area contributed by atoms with Crippen molar-refractivity contribution in [1.29, 1.82) is 0 Å². The summed E-state index contributed by atoms with van der Waals surface area (Å²) in [4.78, 5) is 21.4. The zero-order chi connectivity index (χ0) is 23.0. The molecule has 7 nitrogen and oxygen atoms in total. The van der Waals surface area contributed by atoms with Crippen molar-refractivity contribution in [2.75, 3.05) is 22.5 Å². The number of para-hydroxylation sites is 1. The van der Waals surface area contributed by atoms with Gasteiger partial charge in [0, 0.05) is 35.2 Å². The number of nitrogens with one attached hydrogen (secondary N) is 3. The van der Waals surface area contributed by atoms with Crippen LogP contribution in [0.25, 0.3) is 0 Å². The highest BCUT2D eigenvalue weighted by Crippen LogP contribution is 2.22. The highest BCUT2D eigenvalue weighted by Gasteiger charge is 2.08. The van der Waals surface area contributed by atoms with E-state index in [1.807, 2.05) is 74.5 Å². The van der Waals surface area contributed by atoms with Gasteiger partial charge in [-0.3, -0.25) is 4.79 Å². The molecule has 33 heavy (non-hydrogen) atoms. The Kier molecular flexibility index (Phi) is 6.80. The van der Waals surface area contributed by atoms with Gasteiger partial charge in [-0.1, -0.05) is 18.2 Å². The number of hydrogen-bond acceptors (Lipinski definition) is 6. The van der Waals surface area contributed by atoms with Crippen molar-refractivity contribution >= 4 is 29.0 Å². The number of ether oxygens (including phenoxy) is 1. The molecule has 4 rings (SSSR count). The molecule has 7 heteroatoms. The maximum Gasteiger partial charge on any atom is 0.255 e. The molecule has 3 aromatic carbocycles. The lowest BCUT2D eigenvalue weighted by Gasteiger charge is -2.10. The monoisotopic (exact) mass is 439 g/mol. The van der Waals surface area contributed by atoms with Crippen LogP contribution >= 0.6 is 0 Å². The van der Waals surface area contributed by atoms with E-state index < -0.39 is 0 Å². The van der Waals surface area contributed by atoms with Crippen molar-refractivity contribution in [2.45, 2.75) is 13.8 Å². The fourth-order valence-corrected chi connectivity index (χ4v) is 3.16. The molecule has 0 fully saturated rings. The average molecular weight is 440 g/mol. The Morgan fingerprint density at radius 2 is 1.52 bits per heavy atom. The van der Waals surface area contributed by atoms with Gasteiger partial charge < -0.3 is 20.7 Å². The normalized spacial score (nSPS) is 10.4. The number of nitrogens with zero attached hydrogens (tertiary/aromatic N) is 2. The Bertz CT molecular complexity index is 1210. The molecule has 0 atom stereocenters. The van der Waals surface area contributed by atoms with Gasteiger partial charge in [0.05, 0.1) is 0 Å². The lowest BCUT2D eigenvalue weighted by molar-refractivity contribution is 0.102. The first kappa shape index (κ1) is 21.8. The van der Waals surface area contributed by atoms with Crippen molar-refractivity contribution in [3.63, 3.8) is 0 Å². The first-order valence-corrected chi connectivity index (χ1v) is 10.7. The Labute approximate surface area is 192 Å². The minimum Gasteiger partial charge on any atom is -0.457 e. The molecular formula is C26H25N5O2. The third-order valence-electron chi connectivity index (χ3n) is 4.70. The third kappa shape index (κ3) is 6.07. The van der Waals surface area contributed by atoms with E-state index in [9.17, 15) is 4.79 Å². The van der Waals surface area contributed by atoms with Crippen molar-refractivity contribution in [3.8, 4) is 11.5 Å². The van der Waals surface area contributed by atoms with Crippen LogP contribution in [0.5, 0.6) is 11.5 Å². The third-order valence-corrected chi connectivity index (χ3v) is 4.70. The van der Waals surface area contributed by atoms with Crippen molar-refractivity contribution in [3.05, 3.63) is 96.2 Å². The highest BCUT2D eigenvalue weighted by molar-refractivity contribution is 6.04. The van der Waals surface area contributed by atoms with Gasteiger partial charge in [0.25, 0.3) is 5.91 Å². The molecule has 1 aromatic heterocycles. The molecule has 166 valence electrons. The van der Waals surface area contributed by atoms with Crippen LogP contribution in [-0.4, -0.2) is 22.4 Å². The number of carbonyl (C=O) groups excluding carboxylic acids is 1. The molecule has 0 aliphatic heterocycles. The molecule has 1 amide bonds. The second-order valence-electron chi connectivity index (χ2n) is 7.34. The maximum atomic E-state index is 12.6. The van der Waals surface area contributed by atoms with Gasteiger partial charge in [0.15, 0.2) is 0 Å². The van der Waals surface area contributed by atoms with Crippen LogP contribution in [0.2, 0.25) is 0 Å². The molecule has 1 heterocycles. The van der Waals surface area contributed by atoms with Crippen LogP contribution in [0.1, 0.15) is 23.0 Å². The van der Waals surface area contributed by atoms with Gasteiger partial charge >= 0.3 is 0 Å².